The maximum Gasteiger partial charge on any atom is 0.264 e. The number of halogens is 1. The number of aromatic nitrogens is 2. The van der Waals surface area contributed by atoms with Gasteiger partial charge in [0.2, 0.25) is 0 Å². The van der Waals surface area contributed by atoms with Gasteiger partial charge in [-0.15, -0.1) is 0 Å². The van der Waals surface area contributed by atoms with Gasteiger partial charge in [0.1, 0.15) is 4.90 Å². The number of nitrogens with zero attached hydrogens (tertiary/aromatic N) is 2. The third kappa shape index (κ3) is 4.19. The summed E-state index contributed by atoms with van der Waals surface area (Å²) in [5, 5.41) is 4.34. The summed E-state index contributed by atoms with van der Waals surface area (Å²) >= 11 is 0. The second kappa shape index (κ2) is 7.26. The van der Waals surface area contributed by atoms with Gasteiger partial charge in [-0.3, -0.25) is 4.68 Å². The third-order valence-corrected chi connectivity index (χ3v) is 4.21. The minimum Gasteiger partial charge on any atom is -0.380 e. The monoisotopic (exact) mass is 308 g/mol. The van der Waals surface area contributed by atoms with E-state index in [0.717, 1.165) is 6.42 Å². The fraction of sp³-hybridized carbons (Fsp3) is 0.750. The van der Waals surface area contributed by atoms with E-state index in [4.69, 9.17) is 15.4 Å². The molecule has 19 heavy (non-hydrogen) atoms. The third-order valence-electron chi connectivity index (χ3n) is 2.79. The smallest absolute Gasteiger partial charge is 0.264 e. The summed E-state index contributed by atoms with van der Waals surface area (Å²) in [6, 6.07) is 0. The maximum atomic E-state index is 11.7. The van der Waals surface area contributed by atoms with Crippen LogP contribution in [0.4, 0.5) is 0 Å². The highest BCUT2D eigenvalue weighted by Gasteiger charge is 2.25. The number of hydrogen-bond donors (Lipinski definition) is 0. The number of ether oxygens (including phenoxy) is 1. The van der Waals surface area contributed by atoms with Gasteiger partial charge in [-0.05, 0) is 19.3 Å². The molecular formula is C12H21ClN2O3S. The Hall–Kier alpha value is -0.590. The first kappa shape index (κ1) is 16.5. The number of aryl methyl sites for hydroxylation is 1. The molecule has 0 N–H and O–H groups in total. The van der Waals surface area contributed by atoms with E-state index in [1.165, 1.54) is 0 Å². The van der Waals surface area contributed by atoms with E-state index in [1.807, 2.05) is 20.8 Å². The SMILES string of the molecule is CCCOCCn1nc(CC)c(S(=O)(=O)Cl)c1CC. The van der Waals surface area contributed by atoms with Gasteiger partial charge in [-0.1, -0.05) is 20.8 Å². The fourth-order valence-corrected chi connectivity index (χ4v) is 3.51. The minimum atomic E-state index is -3.75. The summed E-state index contributed by atoms with van der Waals surface area (Å²) in [4.78, 5) is 0.176. The number of hydrogen-bond acceptors (Lipinski definition) is 4. The van der Waals surface area contributed by atoms with Crippen molar-refractivity contribution in [3.8, 4) is 0 Å². The van der Waals surface area contributed by atoms with Crippen LogP contribution in [0.25, 0.3) is 0 Å². The van der Waals surface area contributed by atoms with E-state index in [9.17, 15) is 8.42 Å². The van der Waals surface area contributed by atoms with Crippen molar-refractivity contribution in [3.63, 3.8) is 0 Å². The molecule has 0 fully saturated rings. The van der Waals surface area contributed by atoms with E-state index in [1.54, 1.807) is 4.68 Å². The van der Waals surface area contributed by atoms with Gasteiger partial charge in [-0.2, -0.15) is 5.10 Å². The Labute approximate surface area is 119 Å². The van der Waals surface area contributed by atoms with Crippen molar-refractivity contribution < 1.29 is 13.2 Å². The van der Waals surface area contributed by atoms with Crippen LogP contribution in [-0.4, -0.2) is 31.4 Å². The zero-order valence-electron chi connectivity index (χ0n) is 11.6. The molecule has 0 radical (unpaired) electrons. The molecule has 110 valence electrons. The zero-order chi connectivity index (χ0) is 14.5. The predicted octanol–water partition coefficient (Wildman–Crippen LogP) is 2.36. The molecule has 0 aromatic carbocycles. The molecule has 0 saturated carbocycles. The van der Waals surface area contributed by atoms with Crippen LogP contribution in [0.5, 0.6) is 0 Å². The van der Waals surface area contributed by atoms with Crippen molar-refractivity contribution in [1.29, 1.82) is 0 Å². The lowest BCUT2D eigenvalue weighted by atomic mass is 10.2. The molecule has 1 rings (SSSR count). The summed E-state index contributed by atoms with van der Waals surface area (Å²) < 4.78 is 30.4. The lowest BCUT2D eigenvalue weighted by Crippen LogP contribution is -2.11. The molecule has 0 saturated heterocycles. The molecule has 1 aromatic heterocycles. The van der Waals surface area contributed by atoms with Gasteiger partial charge in [0.05, 0.1) is 24.5 Å². The molecule has 1 heterocycles. The molecule has 5 nitrogen and oxygen atoms in total. The average Bonchev–Trinajstić information content (AvgIpc) is 2.72. The van der Waals surface area contributed by atoms with Crippen molar-refractivity contribution in [2.45, 2.75) is 51.5 Å². The topological polar surface area (TPSA) is 61.2 Å². The van der Waals surface area contributed by atoms with Crippen LogP contribution in [0, 0.1) is 0 Å². The normalized spacial score (nSPS) is 12.0. The Kier molecular flexibility index (Phi) is 6.29. The molecule has 1 aromatic rings. The second-order valence-corrected chi connectivity index (χ2v) is 6.71. The van der Waals surface area contributed by atoms with Crippen LogP contribution in [0.1, 0.15) is 38.6 Å². The molecule has 0 atom stereocenters. The van der Waals surface area contributed by atoms with E-state index in [-0.39, 0.29) is 4.90 Å². The van der Waals surface area contributed by atoms with Gasteiger partial charge in [0, 0.05) is 17.3 Å². The van der Waals surface area contributed by atoms with Crippen LogP contribution >= 0.6 is 10.7 Å². The largest absolute Gasteiger partial charge is 0.380 e. The van der Waals surface area contributed by atoms with E-state index >= 15 is 0 Å². The van der Waals surface area contributed by atoms with Crippen LogP contribution in [0.2, 0.25) is 0 Å². The Balaban J connectivity index is 3.03. The highest BCUT2D eigenvalue weighted by Crippen LogP contribution is 2.25. The fourth-order valence-electron chi connectivity index (χ4n) is 1.97. The van der Waals surface area contributed by atoms with E-state index in [0.29, 0.717) is 44.0 Å². The second-order valence-electron chi connectivity index (χ2n) is 4.20. The summed E-state index contributed by atoms with van der Waals surface area (Å²) in [6.45, 7) is 7.56. The van der Waals surface area contributed by atoms with Gasteiger partial charge < -0.3 is 4.74 Å². The Morgan fingerprint density at radius 1 is 1.21 bits per heavy atom. The quantitative estimate of drug-likeness (QED) is 0.546. The Morgan fingerprint density at radius 2 is 1.89 bits per heavy atom. The molecule has 0 aliphatic carbocycles. The van der Waals surface area contributed by atoms with Crippen molar-refractivity contribution >= 4 is 19.7 Å². The molecular weight excluding hydrogens is 288 g/mol. The van der Waals surface area contributed by atoms with E-state index < -0.39 is 9.05 Å². The number of rotatable bonds is 8. The summed E-state index contributed by atoms with van der Waals surface area (Å²) in [7, 11) is 1.76. The van der Waals surface area contributed by atoms with Crippen molar-refractivity contribution in [3.05, 3.63) is 11.4 Å². The highest BCUT2D eigenvalue weighted by atomic mass is 35.7. The average molecular weight is 309 g/mol. The lowest BCUT2D eigenvalue weighted by molar-refractivity contribution is 0.123. The standard InChI is InChI=1S/C12H21ClN2O3S/c1-4-8-18-9-7-15-11(6-3)12(19(13,16)17)10(5-2)14-15/h4-9H2,1-3H3. The van der Waals surface area contributed by atoms with Crippen LogP contribution < -0.4 is 0 Å². The van der Waals surface area contributed by atoms with Crippen molar-refractivity contribution in [2.75, 3.05) is 13.2 Å². The first-order valence-electron chi connectivity index (χ1n) is 6.56. The van der Waals surface area contributed by atoms with Crippen LogP contribution in [0.3, 0.4) is 0 Å². The van der Waals surface area contributed by atoms with Crippen molar-refractivity contribution in [2.24, 2.45) is 0 Å². The molecule has 0 amide bonds. The summed E-state index contributed by atoms with van der Waals surface area (Å²) in [6.07, 6.45) is 2.07. The van der Waals surface area contributed by atoms with Gasteiger partial charge in [-0.25, -0.2) is 8.42 Å². The molecule has 0 bridgehead atoms. The van der Waals surface area contributed by atoms with Crippen LogP contribution in [0.15, 0.2) is 4.90 Å². The molecule has 7 heteroatoms. The Morgan fingerprint density at radius 3 is 2.37 bits per heavy atom. The first-order chi connectivity index (χ1) is 8.95. The minimum absolute atomic E-state index is 0.176. The van der Waals surface area contributed by atoms with Gasteiger partial charge in [0.25, 0.3) is 9.05 Å². The maximum absolute atomic E-state index is 11.7. The highest BCUT2D eigenvalue weighted by molar-refractivity contribution is 8.13. The molecule has 0 unspecified atom stereocenters. The summed E-state index contributed by atoms with van der Waals surface area (Å²) in [5.41, 5.74) is 1.19. The van der Waals surface area contributed by atoms with Crippen molar-refractivity contribution in [1.82, 2.24) is 9.78 Å². The molecule has 0 aliphatic heterocycles. The first-order valence-corrected chi connectivity index (χ1v) is 8.87. The van der Waals surface area contributed by atoms with Crippen LogP contribution in [-0.2, 0) is 33.2 Å². The van der Waals surface area contributed by atoms with Gasteiger partial charge >= 0.3 is 0 Å². The Bertz CT molecular complexity index is 511. The molecule has 0 spiro atoms. The van der Waals surface area contributed by atoms with Gasteiger partial charge in [0.15, 0.2) is 0 Å². The lowest BCUT2D eigenvalue weighted by Gasteiger charge is -2.07. The predicted molar refractivity (Wildman–Crippen MR) is 75.1 cm³/mol. The molecule has 0 aliphatic rings. The zero-order valence-corrected chi connectivity index (χ0v) is 13.2. The summed E-state index contributed by atoms with van der Waals surface area (Å²) in [5.74, 6) is 0. The van der Waals surface area contributed by atoms with E-state index in [2.05, 4.69) is 5.10 Å².